The molecule has 0 aliphatic heterocycles. The third-order valence-electron chi connectivity index (χ3n) is 6.56. The van der Waals surface area contributed by atoms with E-state index < -0.39 is 11.8 Å². The first-order valence-corrected chi connectivity index (χ1v) is 14.8. The molecule has 0 saturated carbocycles. The van der Waals surface area contributed by atoms with Crippen molar-refractivity contribution >= 4 is 69.6 Å². The van der Waals surface area contributed by atoms with Crippen LogP contribution in [0.4, 0.5) is 11.4 Å². The summed E-state index contributed by atoms with van der Waals surface area (Å²) in [4.78, 5) is 49.7. The number of nitrogens with zero attached hydrogens (tertiary/aromatic N) is 2. The fourth-order valence-corrected chi connectivity index (χ4v) is 4.27. The van der Waals surface area contributed by atoms with Gasteiger partial charge in [-0.15, -0.1) is 0 Å². The number of carbonyl (C=O) groups excluding carboxylic acids is 4. The first kappa shape index (κ1) is 33.6. The minimum atomic E-state index is -0.452. The molecule has 4 aromatic carbocycles. The van der Waals surface area contributed by atoms with Gasteiger partial charge in [-0.2, -0.15) is 10.2 Å². The Hall–Kier alpha value is -5.32. The maximum atomic E-state index is 12.5. The number of hydrogen-bond donors (Lipinski definition) is 4. The van der Waals surface area contributed by atoms with Gasteiger partial charge in [0, 0.05) is 45.4 Å². The van der Waals surface area contributed by atoms with Crippen molar-refractivity contribution in [3.05, 3.63) is 129 Å². The first-order chi connectivity index (χ1) is 22.1. The van der Waals surface area contributed by atoms with Crippen LogP contribution in [0.2, 0.25) is 10.0 Å². The molecule has 0 aliphatic carbocycles. The number of anilines is 2. The van der Waals surface area contributed by atoms with Crippen molar-refractivity contribution < 1.29 is 19.2 Å². The highest BCUT2D eigenvalue weighted by Crippen LogP contribution is 2.16. The van der Waals surface area contributed by atoms with E-state index in [0.29, 0.717) is 55.1 Å². The molecule has 0 aliphatic rings. The van der Waals surface area contributed by atoms with Gasteiger partial charge in [0.25, 0.3) is 11.8 Å². The molecule has 0 heterocycles. The second-order valence-corrected chi connectivity index (χ2v) is 10.9. The molecule has 10 nitrogen and oxygen atoms in total. The molecule has 4 amide bonds. The van der Waals surface area contributed by atoms with Crippen LogP contribution in [0.15, 0.2) is 107 Å². The quantitative estimate of drug-likeness (QED) is 0.106. The van der Waals surface area contributed by atoms with Gasteiger partial charge in [-0.05, 0) is 97.8 Å². The van der Waals surface area contributed by atoms with Gasteiger partial charge in [0.05, 0.1) is 11.4 Å². The Kier molecular flexibility index (Phi) is 11.8. The number of nitrogens with one attached hydrogen (secondary N) is 4. The van der Waals surface area contributed by atoms with Gasteiger partial charge in [-0.3, -0.25) is 19.2 Å². The summed E-state index contributed by atoms with van der Waals surface area (Å²) in [5.41, 5.74) is 9.31. The highest BCUT2D eigenvalue weighted by molar-refractivity contribution is 6.31. The molecular weight excluding hydrogens is 627 g/mol. The number of carbonyl (C=O) groups is 4. The van der Waals surface area contributed by atoms with E-state index in [1.807, 2.05) is 0 Å². The third-order valence-corrected chi connectivity index (χ3v) is 7.07. The topological polar surface area (TPSA) is 141 Å². The third kappa shape index (κ3) is 10.1. The van der Waals surface area contributed by atoms with Crippen LogP contribution in [0.3, 0.4) is 0 Å². The van der Waals surface area contributed by atoms with Crippen molar-refractivity contribution in [1.29, 1.82) is 0 Å². The van der Waals surface area contributed by atoms with E-state index >= 15 is 0 Å². The maximum absolute atomic E-state index is 12.5. The summed E-state index contributed by atoms with van der Waals surface area (Å²) >= 11 is 11.8. The zero-order chi connectivity index (χ0) is 33.1. The lowest BCUT2D eigenvalue weighted by atomic mass is 10.1. The fourth-order valence-electron chi connectivity index (χ4n) is 4.01. The Bertz CT molecular complexity index is 1670. The van der Waals surface area contributed by atoms with Gasteiger partial charge in [0.2, 0.25) is 11.8 Å². The van der Waals surface area contributed by atoms with Gasteiger partial charge in [0.15, 0.2) is 0 Å². The van der Waals surface area contributed by atoms with Crippen LogP contribution < -0.4 is 21.5 Å². The maximum Gasteiger partial charge on any atom is 0.255 e. The standard InChI is InChI=1S/C34H30Cl2N6O4/c1-21(25-5-3-7-29(19-25)37-33(45)23-9-13-27(35)14-10-23)39-41-31(43)17-18-32(44)42-40-22(2)26-6-4-8-30(20-26)38-34(46)24-11-15-28(36)16-12-24/h3-16,19-20H,17-18H2,1-2H3,(H,37,45)(H,38,46)(H,41,43)(H,42,44)/b39-21+,40-22+. The van der Waals surface area contributed by atoms with Gasteiger partial charge < -0.3 is 10.6 Å². The molecule has 0 unspecified atom stereocenters. The highest BCUT2D eigenvalue weighted by Gasteiger charge is 2.10. The van der Waals surface area contributed by atoms with Crippen LogP contribution in [0.1, 0.15) is 58.5 Å². The summed E-state index contributed by atoms with van der Waals surface area (Å²) in [5.74, 6) is -1.48. The van der Waals surface area contributed by atoms with Gasteiger partial charge in [0.1, 0.15) is 0 Å². The Labute approximate surface area is 275 Å². The van der Waals surface area contributed by atoms with E-state index in [1.165, 1.54) is 0 Å². The highest BCUT2D eigenvalue weighted by atomic mass is 35.5. The van der Waals surface area contributed by atoms with Crippen molar-refractivity contribution in [2.24, 2.45) is 10.2 Å². The predicted octanol–water partition coefficient (Wildman–Crippen LogP) is 6.66. The number of hydrogen-bond acceptors (Lipinski definition) is 6. The summed E-state index contributed by atoms with van der Waals surface area (Å²) in [6.45, 7) is 3.42. The minimum absolute atomic E-state index is 0.111. The molecule has 12 heteroatoms. The van der Waals surface area contributed by atoms with Crippen LogP contribution in [0.5, 0.6) is 0 Å². The van der Waals surface area contributed by atoms with Crippen molar-refractivity contribution in [2.75, 3.05) is 10.6 Å². The Morgan fingerprint density at radius 1 is 0.543 bits per heavy atom. The van der Waals surface area contributed by atoms with E-state index in [4.69, 9.17) is 23.2 Å². The summed E-state index contributed by atoms with van der Waals surface area (Å²) in [6.07, 6.45) is -0.221. The van der Waals surface area contributed by atoms with E-state index in [2.05, 4.69) is 31.7 Å². The Morgan fingerprint density at radius 3 is 1.28 bits per heavy atom. The first-order valence-electron chi connectivity index (χ1n) is 14.1. The van der Waals surface area contributed by atoms with Gasteiger partial charge in [-0.1, -0.05) is 47.5 Å². The molecule has 4 rings (SSSR count). The van der Waals surface area contributed by atoms with E-state index in [-0.39, 0.29) is 24.7 Å². The van der Waals surface area contributed by atoms with Crippen molar-refractivity contribution in [1.82, 2.24) is 10.9 Å². The van der Waals surface area contributed by atoms with Crippen LogP contribution in [-0.2, 0) is 9.59 Å². The zero-order valence-electron chi connectivity index (χ0n) is 24.9. The number of hydrazone groups is 2. The fraction of sp³-hybridized carbons (Fsp3) is 0.118. The van der Waals surface area contributed by atoms with Gasteiger partial charge in [-0.25, -0.2) is 10.9 Å². The second kappa shape index (κ2) is 16.1. The average Bonchev–Trinajstić information content (AvgIpc) is 3.05. The van der Waals surface area contributed by atoms with Gasteiger partial charge >= 0.3 is 0 Å². The summed E-state index contributed by atoms with van der Waals surface area (Å²) in [6, 6.07) is 27.1. The van der Waals surface area contributed by atoms with Crippen molar-refractivity contribution in [3.8, 4) is 0 Å². The lowest BCUT2D eigenvalue weighted by molar-refractivity contribution is -0.126. The minimum Gasteiger partial charge on any atom is -0.322 e. The zero-order valence-corrected chi connectivity index (χ0v) is 26.4. The molecule has 0 saturated heterocycles. The van der Waals surface area contributed by atoms with E-state index in [0.717, 1.165) is 0 Å². The molecule has 0 bridgehead atoms. The molecule has 0 fully saturated rings. The molecule has 4 aromatic rings. The summed E-state index contributed by atoms with van der Waals surface area (Å²) < 4.78 is 0. The molecule has 0 spiro atoms. The van der Waals surface area contributed by atoms with Crippen molar-refractivity contribution in [2.45, 2.75) is 26.7 Å². The van der Waals surface area contributed by atoms with Crippen LogP contribution >= 0.6 is 23.2 Å². The largest absolute Gasteiger partial charge is 0.322 e. The van der Waals surface area contributed by atoms with Crippen LogP contribution in [0, 0.1) is 0 Å². The number of rotatable bonds is 11. The molecule has 0 atom stereocenters. The molecule has 0 radical (unpaired) electrons. The van der Waals surface area contributed by atoms with Crippen LogP contribution in [0.25, 0.3) is 0 Å². The number of amides is 4. The van der Waals surface area contributed by atoms with E-state index in [1.54, 1.807) is 111 Å². The molecule has 0 aromatic heterocycles. The molecule has 4 N–H and O–H groups in total. The number of benzene rings is 4. The lowest BCUT2D eigenvalue weighted by Gasteiger charge is -2.08. The molecule has 234 valence electrons. The Balaban J connectivity index is 1.24. The SMILES string of the molecule is C/C(=N\NC(=O)CCC(=O)N/N=C(\C)c1cccc(NC(=O)c2ccc(Cl)cc2)c1)c1cccc(NC(=O)c2ccc(Cl)cc2)c1. The normalized spacial score (nSPS) is 11.4. The van der Waals surface area contributed by atoms with E-state index in [9.17, 15) is 19.2 Å². The Morgan fingerprint density at radius 2 is 0.913 bits per heavy atom. The number of halogens is 2. The predicted molar refractivity (Wildman–Crippen MR) is 182 cm³/mol. The smallest absolute Gasteiger partial charge is 0.255 e. The summed E-state index contributed by atoms with van der Waals surface area (Å²) in [7, 11) is 0. The molecule has 46 heavy (non-hydrogen) atoms. The second-order valence-electron chi connectivity index (χ2n) is 10.0. The lowest BCUT2D eigenvalue weighted by Crippen LogP contribution is -2.24. The summed E-state index contributed by atoms with van der Waals surface area (Å²) in [5, 5.41) is 15.0. The van der Waals surface area contributed by atoms with Crippen molar-refractivity contribution in [3.63, 3.8) is 0 Å². The average molecular weight is 658 g/mol. The monoisotopic (exact) mass is 656 g/mol. The van der Waals surface area contributed by atoms with Crippen LogP contribution in [-0.4, -0.2) is 35.1 Å². The molecular formula is C34H30Cl2N6O4.